The molecule has 11 heavy (non-hydrogen) atoms. The Hall–Kier alpha value is -1.04. The minimum Gasteiger partial charge on any atom is -0.0841 e. The van der Waals surface area contributed by atoms with E-state index in [1.54, 1.807) is 0 Å². The summed E-state index contributed by atoms with van der Waals surface area (Å²) in [6, 6.07) is 8.56. The third-order valence-electron chi connectivity index (χ3n) is 1.91. The van der Waals surface area contributed by atoms with E-state index in [1.807, 2.05) is 0 Å². The summed E-state index contributed by atoms with van der Waals surface area (Å²) < 4.78 is 0. The maximum absolute atomic E-state index is 2.20. The van der Waals surface area contributed by atoms with Crippen molar-refractivity contribution < 1.29 is 0 Å². The van der Waals surface area contributed by atoms with Crippen LogP contribution in [0.4, 0.5) is 0 Å². The molecule has 1 rings (SSSR count). The van der Waals surface area contributed by atoms with Gasteiger partial charge in [0.2, 0.25) is 0 Å². The second-order valence-electron chi connectivity index (χ2n) is 2.84. The first-order valence-electron chi connectivity index (χ1n) is 3.94. The molecule has 0 aliphatic carbocycles. The second-order valence-corrected chi connectivity index (χ2v) is 2.84. The molecule has 0 aromatic heterocycles. The Morgan fingerprint density at radius 1 is 1.36 bits per heavy atom. The molecule has 1 aromatic rings. The summed E-state index contributed by atoms with van der Waals surface area (Å²) in [6.07, 6.45) is 2.13. The topological polar surface area (TPSA) is 0 Å². The molecular weight excluding hydrogens is 132 g/mol. The van der Waals surface area contributed by atoms with Crippen LogP contribution >= 0.6 is 0 Å². The van der Waals surface area contributed by atoms with Gasteiger partial charge in [0.1, 0.15) is 0 Å². The predicted molar refractivity (Wildman–Crippen MR) is 50.5 cm³/mol. The zero-order valence-electron chi connectivity index (χ0n) is 7.39. The number of rotatable bonds is 1. The molecule has 1 aromatic carbocycles. The van der Waals surface area contributed by atoms with Crippen LogP contribution in [0.5, 0.6) is 0 Å². The van der Waals surface area contributed by atoms with Crippen LogP contribution in [-0.4, -0.2) is 0 Å². The van der Waals surface area contributed by atoms with Gasteiger partial charge in [-0.15, -0.1) is 0 Å². The number of hydrogen-bond acceptors (Lipinski definition) is 0. The predicted octanol–water partition coefficient (Wildman–Crippen LogP) is 3.42. The fourth-order valence-corrected chi connectivity index (χ4v) is 1.06. The molecule has 0 bridgehead atoms. The molecule has 0 unspecified atom stereocenters. The Morgan fingerprint density at radius 3 is 2.64 bits per heavy atom. The number of aryl methyl sites for hydroxylation is 1. The summed E-state index contributed by atoms with van der Waals surface area (Å²) in [5.41, 5.74) is 3.99. The van der Waals surface area contributed by atoms with E-state index in [-0.39, 0.29) is 0 Å². The van der Waals surface area contributed by atoms with Crippen molar-refractivity contribution in [2.24, 2.45) is 0 Å². The molecule has 0 aliphatic rings. The molecular formula is C11H14. The van der Waals surface area contributed by atoms with Crippen LogP contribution in [-0.2, 0) is 0 Å². The molecule has 0 amide bonds. The first-order chi connectivity index (χ1) is 5.24. The molecule has 0 radical (unpaired) electrons. The molecule has 0 fully saturated rings. The largest absolute Gasteiger partial charge is 0.0841 e. The molecule has 0 heteroatoms. The number of benzene rings is 1. The summed E-state index contributed by atoms with van der Waals surface area (Å²) in [5, 5.41) is 0. The van der Waals surface area contributed by atoms with Crippen molar-refractivity contribution in [3.05, 3.63) is 41.5 Å². The van der Waals surface area contributed by atoms with Gasteiger partial charge in [-0.3, -0.25) is 0 Å². The van der Waals surface area contributed by atoms with E-state index in [4.69, 9.17) is 0 Å². The molecule has 0 saturated heterocycles. The van der Waals surface area contributed by atoms with Crippen molar-refractivity contribution in [3.8, 4) is 0 Å². The van der Waals surface area contributed by atoms with Crippen molar-refractivity contribution in [3.63, 3.8) is 0 Å². The van der Waals surface area contributed by atoms with Gasteiger partial charge in [-0.1, -0.05) is 35.9 Å². The van der Waals surface area contributed by atoms with Gasteiger partial charge in [-0.25, -0.2) is 0 Å². The van der Waals surface area contributed by atoms with E-state index in [9.17, 15) is 0 Å². The van der Waals surface area contributed by atoms with Gasteiger partial charge in [0.25, 0.3) is 0 Å². The van der Waals surface area contributed by atoms with Crippen LogP contribution in [0.15, 0.2) is 30.3 Å². The van der Waals surface area contributed by atoms with Gasteiger partial charge in [0, 0.05) is 0 Å². The third-order valence-corrected chi connectivity index (χ3v) is 1.91. The normalized spacial score (nSPS) is 11.7. The third kappa shape index (κ3) is 1.94. The van der Waals surface area contributed by atoms with Crippen molar-refractivity contribution >= 4 is 5.57 Å². The van der Waals surface area contributed by atoms with Gasteiger partial charge >= 0.3 is 0 Å². The quantitative estimate of drug-likeness (QED) is 0.569. The fraction of sp³-hybridized carbons (Fsp3) is 0.273. The number of hydrogen-bond donors (Lipinski definition) is 0. The summed E-state index contributed by atoms with van der Waals surface area (Å²) in [6.45, 7) is 6.32. The smallest absolute Gasteiger partial charge is 0.0228 e. The highest BCUT2D eigenvalue weighted by atomic mass is 14.0. The SMILES string of the molecule is C/C=C(/C)c1cccc(C)c1. The maximum atomic E-state index is 2.20. The van der Waals surface area contributed by atoms with E-state index in [1.165, 1.54) is 16.7 Å². The van der Waals surface area contributed by atoms with Gasteiger partial charge < -0.3 is 0 Å². The molecule has 0 heterocycles. The van der Waals surface area contributed by atoms with E-state index in [0.29, 0.717) is 0 Å². The summed E-state index contributed by atoms with van der Waals surface area (Å²) in [7, 11) is 0. The lowest BCUT2D eigenvalue weighted by Crippen LogP contribution is -1.79. The minimum absolute atomic E-state index is 1.32. The molecule has 58 valence electrons. The zero-order valence-corrected chi connectivity index (χ0v) is 7.39. The lowest BCUT2D eigenvalue weighted by atomic mass is 10.1. The first kappa shape index (κ1) is 8.06. The average molecular weight is 146 g/mol. The van der Waals surface area contributed by atoms with Gasteiger partial charge in [0.05, 0.1) is 0 Å². The molecule has 0 saturated carbocycles. The van der Waals surface area contributed by atoms with E-state index < -0.39 is 0 Å². The maximum Gasteiger partial charge on any atom is -0.0228 e. The molecule has 0 aliphatic heterocycles. The van der Waals surface area contributed by atoms with Crippen molar-refractivity contribution in [2.45, 2.75) is 20.8 Å². The Labute approximate surface area is 68.6 Å². The highest BCUT2D eigenvalue weighted by Crippen LogP contribution is 2.13. The number of allylic oxidation sites excluding steroid dienone is 2. The summed E-state index contributed by atoms with van der Waals surface area (Å²) >= 11 is 0. The molecule has 0 nitrogen and oxygen atoms in total. The standard InChI is InChI=1S/C11H14/c1-4-10(3)11-7-5-6-9(2)8-11/h4-8H,1-3H3/b10-4-. The van der Waals surface area contributed by atoms with Crippen LogP contribution in [0.25, 0.3) is 5.57 Å². The average Bonchev–Trinajstić information content (AvgIpc) is 2.03. The lowest BCUT2D eigenvalue weighted by molar-refractivity contribution is 1.43. The van der Waals surface area contributed by atoms with Gasteiger partial charge in [-0.05, 0) is 31.9 Å². The van der Waals surface area contributed by atoms with Gasteiger partial charge in [0.15, 0.2) is 0 Å². The molecule has 0 spiro atoms. The van der Waals surface area contributed by atoms with Gasteiger partial charge in [-0.2, -0.15) is 0 Å². The van der Waals surface area contributed by atoms with Crippen molar-refractivity contribution in [1.82, 2.24) is 0 Å². The van der Waals surface area contributed by atoms with Crippen LogP contribution in [0.2, 0.25) is 0 Å². The Bertz CT molecular complexity index is 269. The lowest BCUT2D eigenvalue weighted by Gasteiger charge is -2.00. The summed E-state index contributed by atoms with van der Waals surface area (Å²) in [5.74, 6) is 0. The molecule has 0 N–H and O–H groups in total. The zero-order chi connectivity index (χ0) is 8.27. The Balaban J connectivity index is 3.06. The Kier molecular flexibility index (Phi) is 2.48. The second kappa shape index (κ2) is 3.38. The monoisotopic (exact) mass is 146 g/mol. The highest BCUT2D eigenvalue weighted by molar-refractivity contribution is 5.63. The van der Waals surface area contributed by atoms with E-state index in [2.05, 4.69) is 51.1 Å². The fourth-order valence-electron chi connectivity index (χ4n) is 1.06. The van der Waals surface area contributed by atoms with Crippen molar-refractivity contribution in [2.75, 3.05) is 0 Å². The van der Waals surface area contributed by atoms with Crippen LogP contribution in [0.3, 0.4) is 0 Å². The molecule has 0 atom stereocenters. The van der Waals surface area contributed by atoms with Crippen LogP contribution in [0, 0.1) is 6.92 Å². The van der Waals surface area contributed by atoms with E-state index in [0.717, 1.165) is 0 Å². The van der Waals surface area contributed by atoms with Crippen LogP contribution < -0.4 is 0 Å². The summed E-state index contributed by atoms with van der Waals surface area (Å²) in [4.78, 5) is 0. The van der Waals surface area contributed by atoms with Crippen LogP contribution in [0.1, 0.15) is 25.0 Å². The highest BCUT2D eigenvalue weighted by Gasteiger charge is 1.92. The first-order valence-corrected chi connectivity index (χ1v) is 3.94. The van der Waals surface area contributed by atoms with E-state index >= 15 is 0 Å². The minimum atomic E-state index is 1.32. The Morgan fingerprint density at radius 2 is 2.09 bits per heavy atom. The van der Waals surface area contributed by atoms with Crippen molar-refractivity contribution in [1.29, 1.82) is 0 Å².